The Labute approximate surface area is 270 Å². The lowest BCUT2D eigenvalue weighted by atomic mass is 9.93. The molecule has 5 aromatic carbocycles. The van der Waals surface area contributed by atoms with E-state index in [1.165, 1.54) is 0 Å². The van der Waals surface area contributed by atoms with Gasteiger partial charge in [0.25, 0.3) is 0 Å². The van der Waals surface area contributed by atoms with Crippen LogP contribution in [0.3, 0.4) is 0 Å². The summed E-state index contributed by atoms with van der Waals surface area (Å²) in [6.45, 7) is 0. The highest BCUT2D eigenvalue weighted by atomic mass is 16.3. The Hall–Kier alpha value is -6.53. The molecule has 0 radical (unpaired) electrons. The number of nitrogens with zero attached hydrogens (tertiary/aromatic N) is 5. The Morgan fingerprint density at radius 1 is 0.426 bits per heavy atom. The van der Waals surface area contributed by atoms with E-state index in [4.69, 9.17) is 29.3 Å². The number of aromatic nitrogens is 5. The molecule has 4 heterocycles. The number of para-hydroxylation sites is 1. The smallest absolute Gasteiger partial charge is 0.164 e. The normalized spacial score (nSPS) is 11.4. The highest BCUT2D eigenvalue weighted by Gasteiger charge is 2.20. The minimum atomic E-state index is 0.610. The van der Waals surface area contributed by atoms with Crippen LogP contribution in [0.15, 0.2) is 156 Å². The molecule has 9 rings (SSSR count). The molecule has 0 fully saturated rings. The van der Waals surface area contributed by atoms with Crippen LogP contribution in [0.25, 0.3) is 89.4 Å². The third-order valence-corrected chi connectivity index (χ3v) is 8.46. The fourth-order valence-electron chi connectivity index (χ4n) is 6.19. The predicted octanol–water partition coefficient (Wildman–Crippen LogP) is 10.0. The molecule has 9 aromatic rings. The monoisotopic (exact) mass is 603 g/mol. The van der Waals surface area contributed by atoms with Crippen molar-refractivity contribution >= 4 is 32.8 Å². The molecule has 0 saturated carbocycles. The highest BCUT2D eigenvalue weighted by Crippen LogP contribution is 2.42. The van der Waals surface area contributed by atoms with E-state index in [1.807, 2.05) is 103 Å². The van der Waals surface area contributed by atoms with Crippen LogP contribution in [-0.2, 0) is 0 Å². The van der Waals surface area contributed by atoms with Gasteiger partial charge in [0.2, 0.25) is 0 Å². The lowest BCUT2D eigenvalue weighted by Crippen LogP contribution is -2.00. The molecule has 0 aliphatic heterocycles. The van der Waals surface area contributed by atoms with E-state index in [-0.39, 0.29) is 0 Å². The Morgan fingerprint density at radius 3 is 1.74 bits per heavy atom. The quantitative estimate of drug-likeness (QED) is 0.195. The van der Waals surface area contributed by atoms with Crippen molar-refractivity contribution in [3.05, 3.63) is 152 Å². The van der Waals surface area contributed by atoms with Gasteiger partial charge < -0.3 is 4.42 Å². The van der Waals surface area contributed by atoms with Gasteiger partial charge in [-0.05, 0) is 29.3 Å². The minimum Gasteiger partial charge on any atom is -0.454 e. The van der Waals surface area contributed by atoms with Gasteiger partial charge in [-0.15, -0.1) is 0 Å². The molecule has 0 aliphatic carbocycles. The van der Waals surface area contributed by atoms with Crippen LogP contribution < -0.4 is 0 Å². The summed E-state index contributed by atoms with van der Waals surface area (Å²) in [4.78, 5) is 24.4. The number of rotatable bonds is 5. The van der Waals surface area contributed by atoms with Crippen LogP contribution in [0.5, 0.6) is 0 Å². The lowest BCUT2D eigenvalue weighted by molar-refractivity contribution is 0.668. The average molecular weight is 604 g/mol. The van der Waals surface area contributed by atoms with Gasteiger partial charge in [-0.3, -0.25) is 9.97 Å². The standard InChI is InChI=1S/C41H25N5O/c1-3-10-28(11-4-1)39-44-40(29-12-5-2-6-13-29)46-41(45-39)30-19-17-26(18-20-30)31-22-21-27-14-9-24-42-36(27)35(31)37-38-33(23-25-43-37)32-15-7-8-16-34(32)47-38/h1-25H. The van der Waals surface area contributed by atoms with Crippen LogP contribution in [0.2, 0.25) is 0 Å². The topological polar surface area (TPSA) is 77.6 Å². The summed E-state index contributed by atoms with van der Waals surface area (Å²) < 4.78 is 6.44. The van der Waals surface area contributed by atoms with E-state index >= 15 is 0 Å². The van der Waals surface area contributed by atoms with Gasteiger partial charge in [0.05, 0.1) is 5.52 Å². The van der Waals surface area contributed by atoms with Gasteiger partial charge in [0.1, 0.15) is 11.3 Å². The van der Waals surface area contributed by atoms with E-state index in [0.717, 1.165) is 71.9 Å². The summed E-state index contributed by atoms with van der Waals surface area (Å²) in [6.07, 6.45) is 3.68. The third kappa shape index (κ3) is 4.71. The third-order valence-electron chi connectivity index (χ3n) is 8.46. The highest BCUT2D eigenvalue weighted by molar-refractivity contribution is 6.12. The van der Waals surface area contributed by atoms with Crippen molar-refractivity contribution in [2.75, 3.05) is 0 Å². The molecular weight excluding hydrogens is 578 g/mol. The van der Waals surface area contributed by atoms with E-state index in [9.17, 15) is 0 Å². The molecule has 0 atom stereocenters. The zero-order valence-corrected chi connectivity index (χ0v) is 25.1. The molecular formula is C41H25N5O. The van der Waals surface area contributed by atoms with Gasteiger partial charge >= 0.3 is 0 Å². The zero-order valence-electron chi connectivity index (χ0n) is 25.1. The molecule has 0 saturated heterocycles. The van der Waals surface area contributed by atoms with E-state index < -0.39 is 0 Å². The molecule has 47 heavy (non-hydrogen) atoms. The van der Waals surface area contributed by atoms with Crippen molar-refractivity contribution in [2.45, 2.75) is 0 Å². The second kappa shape index (κ2) is 11.1. The van der Waals surface area contributed by atoms with Gasteiger partial charge in [0, 0.05) is 50.8 Å². The first-order chi connectivity index (χ1) is 23.3. The number of benzene rings is 5. The molecule has 0 spiro atoms. The van der Waals surface area contributed by atoms with Gasteiger partial charge in [-0.25, -0.2) is 15.0 Å². The van der Waals surface area contributed by atoms with Crippen LogP contribution in [0.1, 0.15) is 0 Å². The molecule has 0 N–H and O–H groups in total. The predicted molar refractivity (Wildman–Crippen MR) is 187 cm³/mol. The van der Waals surface area contributed by atoms with Crippen molar-refractivity contribution in [1.82, 2.24) is 24.9 Å². The number of hydrogen-bond donors (Lipinski definition) is 0. The number of hydrogen-bond acceptors (Lipinski definition) is 6. The molecule has 220 valence electrons. The van der Waals surface area contributed by atoms with E-state index in [1.54, 1.807) is 0 Å². The largest absolute Gasteiger partial charge is 0.454 e. The maximum atomic E-state index is 6.44. The first-order valence-corrected chi connectivity index (χ1v) is 15.4. The van der Waals surface area contributed by atoms with Gasteiger partial charge in [-0.2, -0.15) is 0 Å². The van der Waals surface area contributed by atoms with Gasteiger partial charge in [-0.1, -0.05) is 121 Å². The van der Waals surface area contributed by atoms with Crippen molar-refractivity contribution in [1.29, 1.82) is 0 Å². The molecule has 0 unspecified atom stereocenters. The summed E-state index contributed by atoms with van der Waals surface area (Å²) in [5.74, 6) is 1.87. The second-order valence-electron chi connectivity index (χ2n) is 11.3. The Morgan fingerprint density at radius 2 is 1.04 bits per heavy atom. The van der Waals surface area contributed by atoms with Crippen LogP contribution in [0, 0.1) is 0 Å². The van der Waals surface area contributed by atoms with E-state index in [2.05, 4.69) is 48.5 Å². The maximum absolute atomic E-state index is 6.44. The van der Waals surface area contributed by atoms with Crippen molar-refractivity contribution in [2.24, 2.45) is 0 Å². The summed E-state index contributed by atoms with van der Waals surface area (Å²) in [6, 6.07) is 46.8. The molecule has 0 aliphatic rings. The van der Waals surface area contributed by atoms with Crippen LogP contribution in [0.4, 0.5) is 0 Å². The van der Waals surface area contributed by atoms with E-state index in [0.29, 0.717) is 17.5 Å². The molecule has 0 bridgehead atoms. The number of fused-ring (bicyclic) bond motifs is 4. The fraction of sp³-hybridized carbons (Fsp3) is 0. The number of pyridine rings is 2. The summed E-state index contributed by atoms with van der Waals surface area (Å²) in [5.41, 5.74) is 8.93. The Balaban J connectivity index is 1.20. The SMILES string of the molecule is c1ccc(-c2nc(-c3ccccc3)nc(-c3ccc(-c4ccc5cccnc5c4-c4nccc5c4oc4ccccc45)cc3)n2)cc1. The average Bonchev–Trinajstić information content (AvgIpc) is 3.54. The van der Waals surface area contributed by atoms with Crippen molar-refractivity contribution < 1.29 is 4.42 Å². The van der Waals surface area contributed by atoms with Crippen LogP contribution >= 0.6 is 0 Å². The molecule has 6 heteroatoms. The minimum absolute atomic E-state index is 0.610. The first-order valence-electron chi connectivity index (χ1n) is 15.4. The lowest BCUT2D eigenvalue weighted by Gasteiger charge is -2.14. The van der Waals surface area contributed by atoms with Crippen LogP contribution in [-0.4, -0.2) is 24.9 Å². The van der Waals surface area contributed by atoms with Gasteiger partial charge in [0.15, 0.2) is 23.1 Å². The second-order valence-corrected chi connectivity index (χ2v) is 11.3. The first kappa shape index (κ1) is 26.8. The maximum Gasteiger partial charge on any atom is 0.164 e. The fourth-order valence-corrected chi connectivity index (χ4v) is 6.19. The summed E-state index contributed by atoms with van der Waals surface area (Å²) in [7, 11) is 0. The van der Waals surface area contributed by atoms with Crippen molar-refractivity contribution in [3.63, 3.8) is 0 Å². The zero-order chi connectivity index (χ0) is 31.2. The molecule has 0 amide bonds. The van der Waals surface area contributed by atoms with Crippen molar-refractivity contribution in [3.8, 4) is 56.5 Å². The number of furan rings is 1. The Bertz CT molecular complexity index is 2500. The summed E-state index contributed by atoms with van der Waals surface area (Å²) in [5, 5.41) is 3.12. The Kier molecular flexibility index (Phi) is 6.35. The molecule has 4 aromatic heterocycles. The molecule has 6 nitrogen and oxygen atoms in total. The summed E-state index contributed by atoms with van der Waals surface area (Å²) >= 11 is 0.